The molecule has 1 atom stereocenters. The van der Waals surface area contributed by atoms with Gasteiger partial charge in [0.1, 0.15) is 5.60 Å². The fourth-order valence-electron chi connectivity index (χ4n) is 1.32. The molecule has 0 aliphatic heterocycles. The smallest absolute Gasteiger partial charge is 0.151 e. The molecule has 1 unspecified atom stereocenters. The van der Waals surface area contributed by atoms with E-state index in [1.54, 1.807) is 6.92 Å². The molecule has 0 fully saturated rings. The molecule has 0 amide bonds. The van der Waals surface area contributed by atoms with E-state index >= 15 is 0 Å². The first-order chi connectivity index (χ1) is 6.12. The van der Waals surface area contributed by atoms with Gasteiger partial charge in [-0.15, -0.1) is 0 Å². The average molecular weight is 186 g/mol. The molecular weight excluding hydrogens is 164 g/mol. The van der Waals surface area contributed by atoms with Gasteiger partial charge < -0.3 is 9.90 Å². The van der Waals surface area contributed by atoms with Crippen LogP contribution in [0.4, 0.5) is 0 Å². The minimum Gasteiger partial charge on any atom is -0.383 e. The Bertz CT molecular complexity index is 130. The van der Waals surface area contributed by atoms with Gasteiger partial charge >= 0.3 is 0 Å². The van der Waals surface area contributed by atoms with E-state index < -0.39 is 5.60 Å². The van der Waals surface area contributed by atoms with Gasteiger partial charge in [-0.05, 0) is 13.3 Å². The largest absolute Gasteiger partial charge is 0.383 e. The number of aliphatic hydroxyl groups is 1. The summed E-state index contributed by atoms with van der Waals surface area (Å²) in [6.07, 6.45) is 8.37. The van der Waals surface area contributed by atoms with Crippen LogP contribution in [-0.2, 0) is 4.79 Å². The molecule has 2 nitrogen and oxygen atoms in total. The third-order valence-corrected chi connectivity index (χ3v) is 2.29. The minimum absolute atomic E-state index is 0.600. The van der Waals surface area contributed by atoms with Gasteiger partial charge in [0.2, 0.25) is 0 Å². The number of aldehydes is 1. The third kappa shape index (κ3) is 7.97. The Labute approximate surface area is 81.3 Å². The summed E-state index contributed by atoms with van der Waals surface area (Å²) in [7, 11) is 0. The molecule has 0 aromatic carbocycles. The van der Waals surface area contributed by atoms with Gasteiger partial charge in [0.05, 0.1) is 0 Å². The molecule has 78 valence electrons. The lowest BCUT2D eigenvalue weighted by atomic mass is 9.99. The monoisotopic (exact) mass is 186 g/mol. The maximum absolute atomic E-state index is 10.3. The minimum atomic E-state index is -1.09. The topological polar surface area (TPSA) is 37.3 Å². The molecule has 0 rings (SSSR count). The second-order valence-electron chi connectivity index (χ2n) is 3.99. The first-order valence-electron chi connectivity index (χ1n) is 5.31. The van der Waals surface area contributed by atoms with Gasteiger partial charge in [0.15, 0.2) is 6.29 Å². The van der Waals surface area contributed by atoms with Crippen LogP contribution >= 0.6 is 0 Å². The number of carbonyl (C=O) groups is 1. The molecule has 0 saturated heterocycles. The van der Waals surface area contributed by atoms with E-state index in [1.165, 1.54) is 25.7 Å². The number of hydrogen-bond acceptors (Lipinski definition) is 2. The first-order valence-corrected chi connectivity index (χ1v) is 5.31. The van der Waals surface area contributed by atoms with Crippen LogP contribution in [0, 0.1) is 0 Å². The molecule has 0 aliphatic carbocycles. The summed E-state index contributed by atoms with van der Waals surface area (Å²) in [5.74, 6) is 0. The first kappa shape index (κ1) is 12.6. The van der Waals surface area contributed by atoms with Gasteiger partial charge in [-0.1, -0.05) is 45.4 Å². The summed E-state index contributed by atoms with van der Waals surface area (Å²) < 4.78 is 0. The van der Waals surface area contributed by atoms with E-state index in [9.17, 15) is 9.90 Å². The molecule has 2 heteroatoms. The maximum atomic E-state index is 10.3. The Morgan fingerprint density at radius 2 is 1.69 bits per heavy atom. The van der Waals surface area contributed by atoms with E-state index in [4.69, 9.17) is 0 Å². The fourth-order valence-corrected chi connectivity index (χ4v) is 1.32. The summed E-state index contributed by atoms with van der Waals surface area (Å²) in [5.41, 5.74) is -1.09. The average Bonchev–Trinajstić information content (AvgIpc) is 2.11. The van der Waals surface area contributed by atoms with Crippen molar-refractivity contribution in [3.63, 3.8) is 0 Å². The Balaban J connectivity index is 3.20. The van der Waals surface area contributed by atoms with Gasteiger partial charge in [-0.3, -0.25) is 0 Å². The summed E-state index contributed by atoms with van der Waals surface area (Å²) in [6, 6.07) is 0. The van der Waals surface area contributed by atoms with Crippen molar-refractivity contribution in [1.82, 2.24) is 0 Å². The van der Waals surface area contributed by atoms with Crippen molar-refractivity contribution in [3.05, 3.63) is 0 Å². The predicted octanol–water partition coefficient (Wildman–Crippen LogP) is 2.69. The van der Waals surface area contributed by atoms with E-state index in [-0.39, 0.29) is 0 Å². The highest BCUT2D eigenvalue weighted by molar-refractivity contribution is 5.60. The Morgan fingerprint density at radius 1 is 1.15 bits per heavy atom. The van der Waals surface area contributed by atoms with E-state index in [0.717, 1.165) is 12.8 Å². The predicted molar refractivity (Wildman–Crippen MR) is 54.7 cm³/mol. The standard InChI is InChI=1S/C11H22O2/c1-3-4-5-6-7-8-9-11(2,13)10-12/h10,13H,3-9H2,1-2H3. The van der Waals surface area contributed by atoms with Crippen LogP contribution in [0.5, 0.6) is 0 Å². The number of hydrogen-bond donors (Lipinski definition) is 1. The molecule has 0 heterocycles. The zero-order valence-corrected chi connectivity index (χ0v) is 8.88. The highest BCUT2D eigenvalue weighted by atomic mass is 16.3. The zero-order chi connectivity index (χ0) is 10.2. The summed E-state index contributed by atoms with van der Waals surface area (Å²) in [4.78, 5) is 10.3. The highest BCUT2D eigenvalue weighted by Crippen LogP contribution is 2.13. The van der Waals surface area contributed by atoms with Gasteiger partial charge in [-0.2, -0.15) is 0 Å². The van der Waals surface area contributed by atoms with Crippen LogP contribution in [-0.4, -0.2) is 17.0 Å². The van der Waals surface area contributed by atoms with Crippen LogP contribution < -0.4 is 0 Å². The molecule has 0 radical (unpaired) electrons. The Kier molecular flexibility index (Phi) is 6.87. The Hall–Kier alpha value is -0.370. The van der Waals surface area contributed by atoms with E-state index in [0.29, 0.717) is 12.7 Å². The molecule has 0 aliphatic rings. The molecule has 0 saturated carbocycles. The van der Waals surface area contributed by atoms with Crippen molar-refractivity contribution in [2.45, 2.75) is 64.4 Å². The van der Waals surface area contributed by atoms with E-state index in [1.807, 2.05) is 0 Å². The van der Waals surface area contributed by atoms with Crippen molar-refractivity contribution >= 4 is 6.29 Å². The van der Waals surface area contributed by atoms with Crippen LogP contribution in [0.1, 0.15) is 58.8 Å². The lowest BCUT2D eigenvalue weighted by Gasteiger charge is -2.14. The van der Waals surface area contributed by atoms with Gasteiger partial charge in [-0.25, -0.2) is 0 Å². The van der Waals surface area contributed by atoms with Gasteiger partial charge in [0, 0.05) is 0 Å². The highest BCUT2D eigenvalue weighted by Gasteiger charge is 2.17. The maximum Gasteiger partial charge on any atom is 0.151 e. The molecule has 0 aromatic heterocycles. The van der Waals surface area contributed by atoms with Crippen molar-refractivity contribution in [1.29, 1.82) is 0 Å². The lowest BCUT2D eigenvalue weighted by Crippen LogP contribution is -2.25. The lowest BCUT2D eigenvalue weighted by molar-refractivity contribution is -0.123. The van der Waals surface area contributed by atoms with Crippen LogP contribution in [0.25, 0.3) is 0 Å². The van der Waals surface area contributed by atoms with Crippen LogP contribution in [0.15, 0.2) is 0 Å². The third-order valence-electron chi connectivity index (χ3n) is 2.29. The molecule has 0 aromatic rings. The zero-order valence-electron chi connectivity index (χ0n) is 8.88. The van der Waals surface area contributed by atoms with Crippen LogP contribution in [0.3, 0.4) is 0 Å². The molecule has 0 spiro atoms. The quantitative estimate of drug-likeness (QED) is 0.467. The van der Waals surface area contributed by atoms with Crippen LogP contribution in [0.2, 0.25) is 0 Å². The summed E-state index contributed by atoms with van der Waals surface area (Å²) >= 11 is 0. The van der Waals surface area contributed by atoms with Crippen molar-refractivity contribution < 1.29 is 9.90 Å². The summed E-state index contributed by atoms with van der Waals surface area (Å²) in [5, 5.41) is 9.36. The van der Waals surface area contributed by atoms with Gasteiger partial charge in [0.25, 0.3) is 0 Å². The van der Waals surface area contributed by atoms with E-state index in [2.05, 4.69) is 6.92 Å². The molecular formula is C11H22O2. The molecule has 13 heavy (non-hydrogen) atoms. The van der Waals surface area contributed by atoms with Crippen molar-refractivity contribution in [2.75, 3.05) is 0 Å². The second kappa shape index (κ2) is 7.07. The fraction of sp³-hybridized carbons (Fsp3) is 0.909. The number of unbranched alkanes of at least 4 members (excludes halogenated alkanes) is 5. The van der Waals surface area contributed by atoms with Crippen molar-refractivity contribution in [2.24, 2.45) is 0 Å². The molecule has 0 bridgehead atoms. The SMILES string of the molecule is CCCCCCCCC(C)(O)C=O. The normalized spacial score (nSPS) is 15.3. The summed E-state index contributed by atoms with van der Waals surface area (Å²) in [6.45, 7) is 3.77. The Morgan fingerprint density at radius 3 is 2.23 bits per heavy atom. The number of rotatable bonds is 8. The number of carbonyl (C=O) groups excluding carboxylic acids is 1. The molecule has 1 N–H and O–H groups in total. The second-order valence-corrected chi connectivity index (χ2v) is 3.99. The van der Waals surface area contributed by atoms with Crippen molar-refractivity contribution in [3.8, 4) is 0 Å².